The Morgan fingerprint density at radius 3 is 2.64 bits per heavy atom. The molecule has 0 spiro atoms. The molecule has 0 aliphatic heterocycles. The number of H-pyrrole nitrogens is 1. The first kappa shape index (κ1) is 18.2. The van der Waals surface area contributed by atoms with Gasteiger partial charge in [-0.15, -0.1) is 0 Å². The maximum Gasteiger partial charge on any atom is 0.265 e. The molecule has 4 rings (SSSR count). The van der Waals surface area contributed by atoms with Gasteiger partial charge in [0.25, 0.3) is 11.5 Å². The van der Waals surface area contributed by atoms with Crippen molar-refractivity contribution >= 4 is 16.9 Å². The van der Waals surface area contributed by atoms with Crippen molar-refractivity contribution in [1.82, 2.24) is 15.3 Å². The number of rotatable bonds is 4. The average molecular weight is 377 g/mol. The Bertz CT molecular complexity index is 1050. The van der Waals surface area contributed by atoms with Gasteiger partial charge < -0.3 is 15.4 Å². The SMILES string of the molecule is O=C(NC1CCCCC1)c1c(O)c2ncc(Cc3ccccc3)cc2[nH]c1=O. The molecule has 28 heavy (non-hydrogen) atoms. The third-order valence-corrected chi connectivity index (χ3v) is 5.30. The van der Waals surface area contributed by atoms with Crippen molar-refractivity contribution < 1.29 is 9.90 Å². The van der Waals surface area contributed by atoms with E-state index < -0.39 is 11.5 Å². The highest BCUT2D eigenvalue weighted by Crippen LogP contribution is 2.25. The van der Waals surface area contributed by atoms with Crippen molar-refractivity contribution in [3.8, 4) is 5.75 Å². The summed E-state index contributed by atoms with van der Waals surface area (Å²) in [5, 5.41) is 13.4. The molecule has 0 bridgehead atoms. The minimum atomic E-state index is -0.600. The quantitative estimate of drug-likeness (QED) is 0.650. The summed E-state index contributed by atoms with van der Waals surface area (Å²) in [4.78, 5) is 32.1. The highest BCUT2D eigenvalue weighted by Gasteiger charge is 2.23. The number of aromatic hydroxyl groups is 1. The summed E-state index contributed by atoms with van der Waals surface area (Å²) in [6.45, 7) is 0. The van der Waals surface area contributed by atoms with Gasteiger partial charge in [0, 0.05) is 12.2 Å². The van der Waals surface area contributed by atoms with Crippen LogP contribution in [0.25, 0.3) is 11.0 Å². The lowest BCUT2D eigenvalue weighted by Crippen LogP contribution is -2.38. The first-order valence-electron chi connectivity index (χ1n) is 9.70. The summed E-state index contributed by atoms with van der Waals surface area (Å²) in [7, 11) is 0. The van der Waals surface area contributed by atoms with Gasteiger partial charge in [-0.2, -0.15) is 0 Å². The summed E-state index contributed by atoms with van der Waals surface area (Å²) in [6.07, 6.45) is 7.43. The van der Waals surface area contributed by atoms with E-state index in [9.17, 15) is 14.7 Å². The van der Waals surface area contributed by atoms with E-state index in [0.29, 0.717) is 11.9 Å². The zero-order valence-corrected chi connectivity index (χ0v) is 15.6. The summed E-state index contributed by atoms with van der Waals surface area (Å²) in [5.41, 5.74) is 1.82. The van der Waals surface area contributed by atoms with E-state index >= 15 is 0 Å². The average Bonchev–Trinajstić information content (AvgIpc) is 2.69. The molecule has 1 amide bonds. The van der Waals surface area contributed by atoms with Gasteiger partial charge in [-0.1, -0.05) is 49.6 Å². The van der Waals surface area contributed by atoms with Crippen molar-refractivity contribution in [2.24, 2.45) is 0 Å². The Balaban J connectivity index is 1.63. The number of nitrogens with zero attached hydrogens (tertiary/aromatic N) is 1. The Hall–Kier alpha value is -3.15. The second-order valence-electron chi connectivity index (χ2n) is 7.39. The lowest BCUT2D eigenvalue weighted by atomic mass is 9.95. The third kappa shape index (κ3) is 3.76. The molecule has 0 unspecified atom stereocenters. The highest BCUT2D eigenvalue weighted by molar-refractivity contribution is 6.01. The topological polar surface area (TPSA) is 95.1 Å². The van der Waals surface area contributed by atoms with Crippen LogP contribution in [0.15, 0.2) is 47.4 Å². The first-order chi connectivity index (χ1) is 13.6. The zero-order chi connectivity index (χ0) is 19.5. The molecule has 3 N–H and O–H groups in total. The molecule has 0 atom stereocenters. The van der Waals surface area contributed by atoms with Crippen molar-refractivity contribution in [3.63, 3.8) is 0 Å². The van der Waals surface area contributed by atoms with Crippen LogP contribution in [0, 0.1) is 0 Å². The summed E-state index contributed by atoms with van der Waals surface area (Å²) in [6, 6.07) is 11.8. The second kappa shape index (κ2) is 7.84. The lowest BCUT2D eigenvalue weighted by Gasteiger charge is -2.22. The van der Waals surface area contributed by atoms with Gasteiger partial charge in [-0.3, -0.25) is 14.6 Å². The number of fused-ring (bicyclic) bond motifs is 1. The van der Waals surface area contributed by atoms with Gasteiger partial charge in [0.15, 0.2) is 5.75 Å². The predicted octanol–water partition coefficient (Wildman–Crippen LogP) is 3.28. The van der Waals surface area contributed by atoms with Gasteiger partial charge in [-0.05, 0) is 36.5 Å². The number of aromatic amines is 1. The molecule has 1 aromatic carbocycles. The van der Waals surface area contributed by atoms with E-state index in [1.807, 2.05) is 30.3 Å². The number of carbonyl (C=O) groups excluding carboxylic acids is 1. The predicted molar refractivity (Wildman–Crippen MR) is 108 cm³/mol. The number of hydrogen-bond acceptors (Lipinski definition) is 4. The molecular formula is C22H23N3O3. The number of hydrogen-bond donors (Lipinski definition) is 3. The van der Waals surface area contributed by atoms with Gasteiger partial charge in [-0.25, -0.2) is 0 Å². The van der Waals surface area contributed by atoms with Gasteiger partial charge in [0.05, 0.1) is 5.52 Å². The van der Waals surface area contributed by atoms with Crippen LogP contribution in [0.3, 0.4) is 0 Å². The van der Waals surface area contributed by atoms with Crippen LogP contribution < -0.4 is 10.9 Å². The number of carbonyl (C=O) groups is 1. The summed E-state index contributed by atoms with van der Waals surface area (Å²) >= 11 is 0. The fourth-order valence-electron chi connectivity index (χ4n) is 3.85. The minimum absolute atomic E-state index is 0.0527. The molecule has 1 aliphatic rings. The van der Waals surface area contributed by atoms with Crippen molar-refractivity contribution in [1.29, 1.82) is 0 Å². The van der Waals surface area contributed by atoms with E-state index in [2.05, 4.69) is 15.3 Å². The third-order valence-electron chi connectivity index (χ3n) is 5.30. The molecule has 6 nitrogen and oxygen atoms in total. The standard InChI is InChI=1S/C22H23N3O3/c26-20-18(21(27)24-16-9-5-2-6-10-16)22(28)25-17-12-15(13-23-19(17)20)11-14-7-3-1-4-8-14/h1,3-4,7-8,12-13,16H,2,5-6,9-11H2,(H,24,27)(H2,25,26,28). The van der Waals surface area contributed by atoms with Crippen molar-refractivity contribution in [2.75, 3.05) is 0 Å². The van der Waals surface area contributed by atoms with E-state index in [1.165, 1.54) is 6.42 Å². The summed E-state index contributed by atoms with van der Waals surface area (Å²) < 4.78 is 0. The molecule has 2 heterocycles. The number of benzene rings is 1. The molecular weight excluding hydrogens is 354 g/mol. The maximum absolute atomic E-state index is 12.6. The molecule has 2 aromatic heterocycles. The fourth-order valence-corrected chi connectivity index (χ4v) is 3.85. The van der Waals surface area contributed by atoms with Crippen LogP contribution in [0.5, 0.6) is 5.75 Å². The normalized spacial score (nSPS) is 14.9. The number of pyridine rings is 2. The second-order valence-corrected chi connectivity index (χ2v) is 7.39. The van der Waals surface area contributed by atoms with Crippen LogP contribution in [0.4, 0.5) is 0 Å². The molecule has 3 aromatic rings. The van der Waals surface area contributed by atoms with Crippen LogP contribution in [-0.2, 0) is 6.42 Å². The molecule has 0 radical (unpaired) electrons. The number of aromatic nitrogens is 2. The van der Waals surface area contributed by atoms with Crippen LogP contribution in [0.2, 0.25) is 0 Å². The van der Waals surface area contributed by atoms with E-state index in [1.54, 1.807) is 12.3 Å². The fraction of sp³-hybridized carbons (Fsp3) is 0.318. The molecule has 6 heteroatoms. The molecule has 1 fully saturated rings. The van der Waals surface area contributed by atoms with Gasteiger partial charge in [0.2, 0.25) is 0 Å². The Morgan fingerprint density at radius 1 is 1.14 bits per heavy atom. The van der Waals surface area contributed by atoms with Crippen molar-refractivity contribution in [3.05, 3.63) is 69.6 Å². The molecule has 0 saturated heterocycles. The summed E-state index contributed by atoms with van der Waals surface area (Å²) in [5.74, 6) is -0.902. The highest BCUT2D eigenvalue weighted by atomic mass is 16.3. The van der Waals surface area contributed by atoms with Crippen LogP contribution >= 0.6 is 0 Å². The largest absolute Gasteiger partial charge is 0.505 e. The Labute approximate surface area is 162 Å². The van der Waals surface area contributed by atoms with E-state index in [0.717, 1.165) is 36.8 Å². The Morgan fingerprint density at radius 2 is 1.89 bits per heavy atom. The molecule has 144 valence electrons. The number of amides is 1. The van der Waals surface area contributed by atoms with E-state index in [4.69, 9.17) is 0 Å². The molecule has 1 aliphatic carbocycles. The van der Waals surface area contributed by atoms with Crippen molar-refractivity contribution in [2.45, 2.75) is 44.6 Å². The van der Waals surface area contributed by atoms with Gasteiger partial charge >= 0.3 is 0 Å². The zero-order valence-electron chi connectivity index (χ0n) is 15.6. The minimum Gasteiger partial charge on any atom is -0.505 e. The van der Waals surface area contributed by atoms with E-state index in [-0.39, 0.29) is 22.9 Å². The number of nitrogens with one attached hydrogen (secondary N) is 2. The molecule has 1 saturated carbocycles. The Kier molecular flexibility index (Phi) is 5.10. The van der Waals surface area contributed by atoms with Crippen LogP contribution in [-0.4, -0.2) is 27.0 Å². The lowest BCUT2D eigenvalue weighted by molar-refractivity contribution is 0.0923. The van der Waals surface area contributed by atoms with Crippen LogP contribution in [0.1, 0.15) is 53.6 Å². The first-order valence-corrected chi connectivity index (χ1v) is 9.70. The van der Waals surface area contributed by atoms with Gasteiger partial charge in [0.1, 0.15) is 11.1 Å². The smallest absolute Gasteiger partial charge is 0.265 e. The monoisotopic (exact) mass is 377 g/mol. The maximum atomic E-state index is 12.6.